The number of methoxy groups -OCH3 is 2. The summed E-state index contributed by atoms with van der Waals surface area (Å²) < 4.78 is 29.1. The number of carbonyl (C=O) groups excluding carboxylic acids is 1. The van der Waals surface area contributed by atoms with Gasteiger partial charge >= 0.3 is 6.09 Å². The van der Waals surface area contributed by atoms with Crippen LogP contribution in [-0.2, 0) is 22.6 Å². The highest BCUT2D eigenvalue weighted by Crippen LogP contribution is 2.40. The Morgan fingerprint density at radius 1 is 0.941 bits per heavy atom. The van der Waals surface area contributed by atoms with Gasteiger partial charge in [0.15, 0.2) is 0 Å². The first-order chi connectivity index (χ1) is 24.6. The van der Waals surface area contributed by atoms with Crippen LogP contribution in [0.3, 0.4) is 0 Å². The zero-order chi connectivity index (χ0) is 36.1. The number of carbonyl (C=O) groups is 1. The van der Waals surface area contributed by atoms with Crippen molar-refractivity contribution < 1.29 is 28.5 Å². The zero-order valence-electron chi connectivity index (χ0n) is 30.3. The standard InChI is InChI=1S/C41H44N4O6/c1-26-13-16-34(50-24-28-11-9-8-10-12-28)27(2)36(26)38-37-32(22-33(44-38)29-17-19-49-20-18-29)39(43-25-42-37)45(40(46)51-41(3,4)5)23-30-14-15-31(47-6)21-35(30)48-7/h8-17,21-22,25H,18-20,23-24H2,1-7H3. The predicted molar refractivity (Wildman–Crippen MR) is 198 cm³/mol. The Morgan fingerprint density at radius 2 is 1.75 bits per heavy atom. The first-order valence-corrected chi connectivity index (χ1v) is 17.0. The molecular weight excluding hydrogens is 644 g/mol. The minimum atomic E-state index is -0.763. The van der Waals surface area contributed by atoms with Crippen molar-refractivity contribution in [3.63, 3.8) is 0 Å². The quantitative estimate of drug-likeness (QED) is 0.143. The summed E-state index contributed by atoms with van der Waals surface area (Å²) in [6, 6.07) is 21.6. The molecule has 10 heteroatoms. The second kappa shape index (κ2) is 15.2. The minimum Gasteiger partial charge on any atom is -0.497 e. The summed E-state index contributed by atoms with van der Waals surface area (Å²) in [6.07, 6.45) is 3.66. The molecule has 0 saturated heterocycles. The van der Waals surface area contributed by atoms with E-state index in [1.165, 1.54) is 11.2 Å². The van der Waals surface area contributed by atoms with Gasteiger partial charge in [0.25, 0.3) is 0 Å². The highest BCUT2D eigenvalue weighted by Gasteiger charge is 2.29. The highest BCUT2D eigenvalue weighted by molar-refractivity contribution is 6.04. The summed E-state index contributed by atoms with van der Waals surface area (Å²) in [6.45, 7) is 11.2. The van der Waals surface area contributed by atoms with Crippen molar-refractivity contribution in [3.05, 3.63) is 107 Å². The Bertz CT molecular complexity index is 2070. The van der Waals surface area contributed by atoms with Crippen LogP contribution >= 0.6 is 0 Å². The van der Waals surface area contributed by atoms with E-state index in [2.05, 4.69) is 13.0 Å². The highest BCUT2D eigenvalue weighted by atomic mass is 16.6. The second-order valence-electron chi connectivity index (χ2n) is 13.4. The molecule has 51 heavy (non-hydrogen) atoms. The van der Waals surface area contributed by atoms with E-state index in [0.29, 0.717) is 60.2 Å². The van der Waals surface area contributed by atoms with E-state index in [1.807, 2.05) is 88.4 Å². The third-order valence-corrected chi connectivity index (χ3v) is 8.68. The number of aryl methyl sites for hydroxylation is 1. The van der Waals surface area contributed by atoms with E-state index in [-0.39, 0.29) is 6.54 Å². The molecule has 0 bridgehead atoms. The van der Waals surface area contributed by atoms with E-state index in [1.54, 1.807) is 20.3 Å². The molecule has 0 N–H and O–H groups in total. The largest absolute Gasteiger partial charge is 0.497 e. The molecule has 10 nitrogen and oxygen atoms in total. The number of hydrogen-bond donors (Lipinski definition) is 0. The first-order valence-electron chi connectivity index (χ1n) is 17.0. The number of ether oxygens (including phenoxy) is 5. The van der Waals surface area contributed by atoms with Gasteiger partial charge in [-0.25, -0.2) is 19.7 Å². The molecular formula is C41H44N4O6. The number of amides is 1. The van der Waals surface area contributed by atoms with Gasteiger partial charge in [0.1, 0.15) is 47.1 Å². The summed E-state index contributed by atoms with van der Waals surface area (Å²) in [5, 5.41) is 0.651. The minimum absolute atomic E-state index is 0.110. The Balaban J connectivity index is 1.55. The molecule has 1 amide bonds. The van der Waals surface area contributed by atoms with E-state index in [9.17, 15) is 4.79 Å². The fraction of sp³-hybridized carbons (Fsp3) is 0.317. The van der Waals surface area contributed by atoms with Gasteiger partial charge in [0.05, 0.1) is 45.4 Å². The van der Waals surface area contributed by atoms with Crippen LogP contribution in [0.1, 0.15) is 55.1 Å². The molecule has 264 valence electrons. The van der Waals surface area contributed by atoms with Gasteiger partial charge < -0.3 is 23.7 Å². The van der Waals surface area contributed by atoms with Crippen LogP contribution in [-0.4, -0.2) is 54.1 Å². The topological polar surface area (TPSA) is 105 Å². The monoisotopic (exact) mass is 688 g/mol. The van der Waals surface area contributed by atoms with E-state index in [4.69, 9.17) is 38.6 Å². The Hall–Kier alpha value is -5.48. The normalized spacial score (nSPS) is 13.0. The molecule has 6 rings (SSSR count). The third-order valence-electron chi connectivity index (χ3n) is 8.68. The van der Waals surface area contributed by atoms with Gasteiger partial charge in [0, 0.05) is 28.1 Å². The fourth-order valence-corrected chi connectivity index (χ4v) is 6.14. The molecule has 0 atom stereocenters. The van der Waals surface area contributed by atoms with Gasteiger partial charge in [0.2, 0.25) is 0 Å². The van der Waals surface area contributed by atoms with Crippen molar-refractivity contribution in [3.8, 4) is 28.5 Å². The lowest BCUT2D eigenvalue weighted by Crippen LogP contribution is -2.37. The van der Waals surface area contributed by atoms with Gasteiger partial charge in [-0.1, -0.05) is 42.5 Å². The van der Waals surface area contributed by atoms with Crippen LogP contribution in [0, 0.1) is 13.8 Å². The SMILES string of the molecule is COc1ccc(CN(C(=O)OC(C)(C)C)c2ncnc3c(-c4c(C)ccc(OCc5ccccc5)c4C)nc(C4=CCOCC4)cc23)c(OC)c1. The molecule has 5 aromatic rings. The summed E-state index contributed by atoms with van der Waals surface area (Å²) in [5.74, 6) is 2.34. The van der Waals surface area contributed by atoms with Crippen LogP contribution in [0.5, 0.6) is 17.2 Å². The Morgan fingerprint density at radius 3 is 2.45 bits per heavy atom. The maximum atomic E-state index is 14.1. The van der Waals surface area contributed by atoms with Crippen molar-refractivity contribution in [1.82, 2.24) is 15.0 Å². The van der Waals surface area contributed by atoms with Crippen LogP contribution in [0.15, 0.2) is 79.1 Å². The molecule has 0 aliphatic carbocycles. The molecule has 0 saturated carbocycles. The van der Waals surface area contributed by atoms with Crippen LogP contribution in [0.2, 0.25) is 0 Å². The molecule has 3 aromatic carbocycles. The number of anilines is 1. The average Bonchev–Trinajstić information content (AvgIpc) is 3.13. The molecule has 3 heterocycles. The number of rotatable bonds is 10. The number of fused-ring (bicyclic) bond motifs is 1. The molecule has 0 fully saturated rings. The average molecular weight is 689 g/mol. The predicted octanol–water partition coefficient (Wildman–Crippen LogP) is 8.65. The number of hydrogen-bond acceptors (Lipinski definition) is 9. The van der Waals surface area contributed by atoms with Gasteiger partial charge in [-0.3, -0.25) is 4.90 Å². The van der Waals surface area contributed by atoms with Crippen molar-refractivity contribution in [1.29, 1.82) is 0 Å². The number of pyridine rings is 1. The van der Waals surface area contributed by atoms with E-state index >= 15 is 0 Å². The van der Waals surface area contributed by atoms with Crippen LogP contribution < -0.4 is 19.1 Å². The van der Waals surface area contributed by atoms with Crippen molar-refractivity contribution in [2.45, 2.75) is 59.8 Å². The molecule has 1 aliphatic heterocycles. The molecule has 1 aliphatic rings. The van der Waals surface area contributed by atoms with Crippen molar-refractivity contribution in [2.75, 3.05) is 32.3 Å². The number of nitrogens with zero attached hydrogens (tertiary/aromatic N) is 4. The Labute approximate surface area is 299 Å². The lowest BCUT2D eigenvalue weighted by Gasteiger charge is -2.28. The summed E-state index contributed by atoms with van der Waals surface area (Å²) >= 11 is 0. The van der Waals surface area contributed by atoms with Crippen LogP contribution in [0.25, 0.3) is 27.7 Å². The van der Waals surface area contributed by atoms with E-state index in [0.717, 1.165) is 44.8 Å². The van der Waals surface area contributed by atoms with E-state index < -0.39 is 11.7 Å². The maximum absolute atomic E-state index is 14.1. The number of benzene rings is 3. The van der Waals surface area contributed by atoms with Crippen molar-refractivity contribution in [2.24, 2.45) is 0 Å². The van der Waals surface area contributed by atoms with Gasteiger partial charge in [-0.15, -0.1) is 0 Å². The maximum Gasteiger partial charge on any atom is 0.416 e. The number of aromatic nitrogens is 3. The summed E-state index contributed by atoms with van der Waals surface area (Å²) in [7, 11) is 3.18. The molecule has 2 aromatic heterocycles. The second-order valence-corrected chi connectivity index (χ2v) is 13.4. The molecule has 0 radical (unpaired) electrons. The summed E-state index contributed by atoms with van der Waals surface area (Å²) in [4.78, 5) is 30.5. The van der Waals surface area contributed by atoms with Gasteiger partial charge in [-0.2, -0.15) is 0 Å². The summed E-state index contributed by atoms with van der Waals surface area (Å²) in [5.41, 5.74) is 6.99. The lowest BCUT2D eigenvalue weighted by atomic mass is 9.95. The zero-order valence-corrected chi connectivity index (χ0v) is 30.3. The first kappa shape index (κ1) is 35.3. The van der Waals surface area contributed by atoms with Crippen LogP contribution in [0.4, 0.5) is 10.6 Å². The third kappa shape index (κ3) is 7.97. The smallest absolute Gasteiger partial charge is 0.416 e. The Kier molecular flexibility index (Phi) is 10.5. The van der Waals surface area contributed by atoms with Crippen molar-refractivity contribution >= 4 is 28.4 Å². The fourth-order valence-electron chi connectivity index (χ4n) is 6.14. The van der Waals surface area contributed by atoms with Gasteiger partial charge in [-0.05, 0) is 82.0 Å². The lowest BCUT2D eigenvalue weighted by molar-refractivity contribution is 0.0576. The molecule has 0 unspecified atom stereocenters. The molecule has 0 spiro atoms.